The van der Waals surface area contributed by atoms with Crippen LogP contribution in [0.5, 0.6) is 0 Å². The molecular formula is C27H30O5. The van der Waals surface area contributed by atoms with Gasteiger partial charge in [0.15, 0.2) is 6.29 Å². The van der Waals surface area contributed by atoms with E-state index in [4.69, 9.17) is 23.7 Å². The van der Waals surface area contributed by atoms with Crippen LogP contribution in [0.4, 0.5) is 0 Å². The predicted octanol–water partition coefficient (Wildman–Crippen LogP) is 4.75. The molecule has 1 aliphatic heterocycles. The summed E-state index contributed by atoms with van der Waals surface area (Å²) < 4.78 is 30.3. The highest BCUT2D eigenvalue weighted by Crippen LogP contribution is 2.29. The summed E-state index contributed by atoms with van der Waals surface area (Å²) in [4.78, 5) is 0. The van der Waals surface area contributed by atoms with Gasteiger partial charge >= 0.3 is 0 Å². The number of benzene rings is 3. The lowest BCUT2D eigenvalue weighted by atomic mass is 10.1. The molecule has 168 valence electrons. The third kappa shape index (κ3) is 6.25. The molecule has 0 unspecified atom stereocenters. The first-order chi connectivity index (χ1) is 15.8. The topological polar surface area (TPSA) is 46.2 Å². The maximum absolute atomic E-state index is 6.33. The minimum absolute atomic E-state index is 0.298. The van der Waals surface area contributed by atoms with Crippen LogP contribution in [0, 0.1) is 0 Å². The molecule has 1 fully saturated rings. The monoisotopic (exact) mass is 434 g/mol. The lowest BCUT2D eigenvalue weighted by molar-refractivity contribution is -0.170. The Bertz CT molecular complexity index is 903. The average molecular weight is 435 g/mol. The molecule has 0 saturated carbocycles. The molecule has 0 aromatic heterocycles. The zero-order valence-electron chi connectivity index (χ0n) is 18.3. The SMILES string of the molecule is CO[C@H]1O[C@@H](COCc2ccccc2)[C@H](OCc2ccccc2)[C@@H]1OCc1ccccc1. The lowest BCUT2D eigenvalue weighted by Crippen LogP contribution is -2.39. The Kier molecular flexibility index (Phi) is 8.42. The average Bonchev–Trinajstić information content (AvgIpc) is 3.19. The molecule has 0 aliphatic carbocycles. The number of hydrogen-bond donors (Lipinski definition) is 0. The van der Waals surface area contributed by atoms with E-state index in [1.54, 1.807) is 7.11 Å². The van der Waals surface area contributed by atoms with Crippen LogP contribution in [-0.2, 0) is 43.5 Å². The fourth-order valence-corrected chi connectivity index (χ4v) is 3.79. The molecule has 5 nitrogen and oxygen atoms in total. The third-order valence-electron chi connectivity index (χ3n) is 5.46. The van der Waals surface area contributed by atoms with E-state index in [0.717, 1.165) is 16.7 Å². The van der Waals surface area contributed by atoms with Crippen molar-refractivity contribution in [3.05, 3.63) is 108 Å². The highest BCUT2D eigenvalue weighted by molar-refractivity contribution is 5.15. The highest BCUT2D eigenvalue weighted by Gasteiger charge is 2.46. The van der Waals surface area contributed by atoms with Crippen molar-refractivity contribution in [1.82, 2.24) is 0 Å². The number of ether oxygens (including phenoxy) is 5. The van der Waals surface area contributed by atoms with Crippen molar-refractivity contribution in [3.8, 4) is 0 Å². The summed E-state index contributed by atoms with van der Waals surface area (Å²) in [6.45, 7) is 1.82. The molecule has 1 heterocycles. The van der Waals surface area contributed by atoms with Gasteiger partial charge in [-0.2, -0.15) is 0 Å². The summed E-state index contributed by atoms with van der Waals surface area (Å²) in [6.07, 6.45) is -1.51. The first-order valence-corrected chi connectivity index (χ1v) is 10.9. The van der Waals surface area contributed by atoms with Crippen molar-refractivity contribution in [2.45, 2.75) is 44.4 Å². The smallest absolute Gasteiger partial charge is 0.186 e. The zero-order valence-corrected chi connectivity index (χ0v) is 18.3. The van der Waals surface area contributed by atoms with Crippen LogP contribution < -0.4 is 0 Å². The second-order valence-corrected chi connectivity index (χ2v) is 7.80. The van der Waals surface area contributed by atoms with Gasteiger partial charge in [-0.3, -0.25) is 0 Å². The van der Waals surface area contributed by atoms with Crippen molar-refractivity contribution in [1.29, 1.82) is 0 Å². The maximum Gasteiger partial charge on any atom is 0.186 e. The molecule has 3 aromatic rings. The Morgan fingerprint density at radius 2 is 1.09 bits per heavy atom. The van der Waals surface area contributed by atoms with Gasteiger partial charge in [-0.15, -0.1) is 0 Å². The van der Waals surface area contributed by atoms with Crippen LogP contribution in [0.2, 0.25) is 0 Å². The largest absolute Gasteiger partial charge is 0.374 e. The van der Waals surface area contributed by atoms with Crippen molar-refractivity contribution in [2.24, 2.45) is 0 Å². The molecule has 0 N–H and O–H groups in total. The predicted molar refractivity (Wildman–Crippen MR) is 122 cm³/mol. The Labute approximate surface area is 189 Å². The molecule has 3 aromatic carbocycles. The van der Waals surface area contributed by atoms with Crippen molar-refractivity contribution in [2.75, 3.05) is 13.7 Å². The van der Waals surface area contributed by atoms with Gasteiger partial charge in [-0.25, -0.2) is 0 Å². The number of rotatable bonds is 11. The summed E-state index contributed by atoms with van der Waals surface area (Å²) >= 11 is 0. The summed E-state index contributed by atoms with van der Waals surface area (Å²) in [7, 11) is 1.63. The fourth-order valence-electron chi connectivity index (χ4n) is 3.79. The number of hydrogen-bond acceptors (Lipinski definition) is 5. The van der Waals surface area contributed by atoms with Gasteiger partial charge in [0.1, 0.15) is 18.3 Å². The van der Waals surface area contributed by atoms with Crippen molar-refractivity contribution < 1.29 is 23.7 Å². The van der Waals surface area contributed by atoms with E-state index in [-0.39, 0.29) is 18.3 Å². The lowest BCUT2D eigenvalue weighted by Gasteiger charge is -2.24. The molecule has 5 heteroatoms. The van der Waals surface area contributed by atoms with E-state index in [1.165, 1.54) is 0 Å². The van der Waals surface area contributed by atoms with E-state index in [2.05, 4.69) is 0 Å². The second kappa shape index (κ2) is 11.9. The van der Waals surface area contributed by atoms with Crippen LogP contribution in [-0.4, -0.2) is 38.3 Å². The third-order valence-corrected chi connectivity index (χ3v) is 5.46. The summed E-state index contributed by atoms with van der Waals surface area (Å²) in [5.41, 5.74) is 3.31. The van der Waals surface area contributed by atoms with Gasteiger partial charge in [0.2, 0.25) is 0 Å². The minimum Gasteiger partial charge on any atom is -0.374 e. The first kappa shape index (κ1) is 22.6. The summed E-state index contributed by atoms with van der Waals surface area (Å²) in [5, 5.41) is 0. The van der Waals surface area contributed by atoms with E-state index < -0.39 is 6.29 Å². The second-order valence-electron chi connectivity index (χ2n) is 7.80. The van der Waals surface area contributed by atoms with Gasteiger partial charge in [0.05, 0.1) is 26.4 Å². The molecule has 32 heavy (non-hydrogen) atoms. The maximum atomic E-state index is 6.33. The van der Waals surface area contributed by atoms with Crippen molar-refractivity contribution >= 4 is 0 Å². The molecule has 4 rings (SSSR count). The summed E-state index contributed by atoms with van der Waals surface area (Å²) in [5.74, 6) is 0. The van der Waals surface area contributed by atoms with E-state index in [1.807, 2.05) is 91.0 Å². The molecule has 0 spiro atoms. The molecular weight excluding hydrogens is 404 g/mol. The molecule has 1 aliphatic rings. The zero-order chi connectivity index (χ0) is 22.0. The van der Waals surface area contributed by atoms with Gasteiger partial charge in [0, 0.05) is 7.11 Å². The van der Waals surface area contributed by atoms with Crippen LogP contribution in [0.1, 0.15) is 16.7 Å². The first-order valence-electron chi connectivity index (χ1n) is 10.9. The van der Waals surface area contributed by atoms with Gasteiger partial charge in [-0.05, 0) is 16.7 Å². The Morgan fingerprint density at radius 3 is 1.59 bits per heavy atom. The van der Waals surface area contributed by atoms with E-state index in [0.29, 0.717) is 26.4 Å². The molecule has 1 saturated heterocycles. The van der Waals surface area contributed by atoms with Gasteiger partial charge in [0.25, 0.3) is 0 Å². The van der Waals surface area contributed by atoms with Crippen LogP contribution in [0.25, 0.3) is 0 Å². The molecule has 0 amide bonds. The highest BCUT2D eigenvalue weighted by atomic mass is 16.7. The molecule has 0 radical (unpaired) electrons. The normalized spacial score (nSPS) is 22.8. The number of methoxy groups -OCH3 is 1. The quantitative estimate of drug-likeness (QED) is 0.436. The van der Waals surface area contributed by atoms with E-state index in [9.17, 15) is 0 Å². The minimum atomic E-state index is -0.523. The van der Waals surface area contributed by atoms with Gasteiger partial charge < -0.3 is 23.7 Å². The van der Waals surface area contributed by atoms with E-state index >= 15 is 0 Å². The van der Waals surface area contributed by atoms with Crippen LogP contribution in [0.15, 0.2) is 91.0 Å². The van der Waals surface area contributed by atoms with Crippen LogP contribution in [0.3, 0.4) is 0 Å². The summed E-state index contributed by atoms with van der Waals surface area (Å²) in [6, 6.07) is 30.3. The Hall–Kier alpha value is -2.54. The Morgan fingerprint density at radius 1 is 0.625 bits per heavy atom. The fraction of sp³-hybridized carbons (Fsp3) is 0.333. The molecule has 4 atom stereocenters. The van der Waals surface area contributed by atoms with Crippen molar-refractivity contribution in [3.63, 3.8) is 0 Å². The Balaban J connectivity index is 1.42. The molecule has 0 bridgehead atoms. The standard InChI is InChI=1S/C27H30O5/c1-28-27-26(31-19-23-15-9-4-10-16-23)25(30-18-22-13-7-3-8-14-22)24(32-27)20-29-17-21-11-5-2-6-12-21/h2-16,24-27H,17-20H2,1H3/t24-,25-,26-,27-/m0/s1. The van der Waals surface area contributed by atoms with Gasteiger partial charge in [-0.1, -0.05) is 91.0 Å². The van der Waals surface area contributed by atoms with Crippen LogP contribution >= 0.6 is 0 Å².